The number of thiazole rings is 1. The zero-order valence-corrected chi connectivity index (χ0v) is 16.8. The Balaban J connectivity index is 1.57. The van der Waals surface area contributed by atoms with Gasteiger partial charge in [-0.05, 0) is 26.0 Å². The standard InChI is InChI=1S/C19H27N5OS/c1-14-15(2)26-18(22-14)13-21-19(20-3)24-11-9-23(10-12-24)16-7-5-6-8-17(16)25-4/h5-8H,9-13H2,1-4H3,(H,20,21). The van der Waals surface area contributed by atoms with Gasteiger partial charge in [-0.3, -0.25) is 4.99 Å². The summed E-state index contributed by atoms with van der Waals surface area (Å²) in [5.74, 6) is 1.87. The number of aliphatic imine (C=N–C) groups is 1. The van der Waals surface area contributed by atoms with Crippen molar-refractivity contribution in [2.45, 2.75) is 20.4 Å². The lowest BCUT2D eigenvalue weighted by atomic mass is 10.2. The third-order valence-corrected chi connectivity index (χ3v) is 5.76. The number of aryl methyl sites for hydroxylation is 2. The third kappa shape index (κ3) is 4.09. The minimum atomic E-state index is 0.721. The van der Waals surface area contributed by atoms with Crippen LogP contribution in [0.2, 0.25) is 0 Å². The normalized spacial score (nSPS) is 15.3. The Hall–Kier alpha value is -2.28. The highest BCUT2D eigenvalue weighted by Gasteiger charge is 2.21. The van der Waals surface area contributed by atoms with Gasteiger partial charge in [-0.2, -0.15) is 0 Å². The maximum atomic E-state index is 5.50. The molecule has 1 N–H and O–H groups in total. The zero-order chi connectivity index (χ0) is 18.5. The fourth-order valence-corrected chi connectivity index (χ4v) is 4.03. The lowest BCUT2D eigenvalue weighted by Gasteiger charge is -2.38. The molecule has 0 radical (unpaired) electrons. The molecule has 1 fully saturated rings. The minimum absolute atomic E-state index is 0.721. The molecule has 0 atom stereocenters. The van der Waals surface area contributed by atoms with E-state index in [4.69, 9.17) is 4.74 Å². The molecule has 0 unspecified atom stereocenters. The molecular formula is C19H27N5OS. The molecule has 1 aromatic carbocycles. The molecule has 1 aliphatic rings. The molecule has 6 nitrogen and oxygen atoms in total. The van der Waals surface area contributed by atoms with E-state index >= 15 is 0 Å². The van der Waals surface area contributed by atoms with Gasteiger partial charge >= 0.3 is 0 Å². The Bertz CT molecular complexity index is 746. The number of anilines is 1. The molecule has 2 heterocycles. The van der Waals surface area contributed by atoms with Crippen molar-refractivity contribution in [3.05, 3.63) is 39.8 Å². The molecule has 3 rings (SSSR count). The lowest BCUT2D eigenvalue weighted by molar-refractivity contribution is 0.367. The molecule has 140 valence electrons. The largest absolute Gasteiger partial charge is 0.495 e. The summed E-state index contributed by atoms with van der Waals surface area (Å²) in [6.45, 7) is 8.62. The highest BCUT2D eigenvalue weighted by Crippen LogP contribution is 2.28. The second-order valence-electron chi connectivity index (χ2n) is 6.30. The number of benzene rings is 1. The summed E-state index contributed by atoms with van der Waals surface area (Å²) < 4.78 is 5.50. The average Bonchev–Trinajstić information content (AvgIpc) is 3.00. The molecule has 0 saturated carbocycles. The van der Waals surface area contributed by atoms with Gasteiger partial charge in [0, 0.05) is 38.1 Å². The van der Waals surface area contributed by atoms with Gasteiger partial charge in [0.15, 0.2) is 5.96 Å². The number of hydrogen-bond acceptors (Lipinski definition) is 5. The molecule has 2 aromatic rings. The van der Waals surface area contributed by atoms with E-state index in [-0.39, 0.29) is 0 Å². The van der Waals surface area contributed by atoms with Gasteiger partial charge in [-0.15, -0.1) is 11.3 Å². The Morgan fingerprint density at radius 1 is 1.23 bits per heavy atom. The van der Waals surface area contributed by atoms with Crippen LogP contribution in [0.4, 0.5) is 5.69 Å². The summed E-state index contributed by atoms with van der Waals surface area (Å²) in [7, 11) is 3.57. The van der Waals surface area contributed by atoms with Gasteiger partial charge in [-0.1, -0.05) is 12.1 Å². The van der Waals surface area contributed by atoms with Gasteiger partial charge in [0.25, 0.3) is 0 Å². The van der Waals surface area contributed by atoms with Crippen LogP contribution in [0.15, 0.2) is 29.3 Å². The second kappa shape index (κ2) is 8.40. The number of nitrogens with zero attached hydrogens (tertiary/aromatic N) is 4. The molecule has 0 spiro atoms. The number of guanidine groups is 1. The first-order valence-corrected chi connectivity index (χ1v) is 9.70. The fraction of sp³-hybridized carbons (Fsp3) is 0.474. The summed E-state index contributed by atoms with van der Waals surface area (Å²) >= 11 is 1.75. The number of methoxy groups -OCH3 is 1. The summed E-state index contributed by atoms with van der Waals surface area (Å²) in [6.07, 6.45) is 0. The zero-order valence-electron chi connectivity index (χ0n) is 16.0. The van der Waals surface area contributed by atoms with Crippen molar-refractivity contribution in [2.75, 3.05) is 45.2 Å². The quantitative estimate of drug-likeness (QED) is 0.660. The van der Waals surface area contributed by atoms with Crippen LogP contribution < -0.4 is 15.0 Å². The summed E-state index contributed by atoms with van der Waals surface area (Å²) in [5, 5.41) is 4.56. The van der Waals surface area contributed by atoms with Crippen LogP contribution in [0, 0.1) is 13.8 Å². The molecule has 1 saturated heterocycles. The van der Waals surface area contributed by atoms with Crippen LogP contribution in [-0.2, 0) is 6.54 Å². The van der Waals surface area contributed by atoms with Crippen molar-refractivity contribution in [1.29, 1.82) is 0 Å². The molecule has 26 heavy (non-hydrogen) atoms. The van der Waals surface area contributed by atoms with E-state index in [2.05, 4.69) is 51.1 Å². The first kappa shape index (κ1) is 18.5. The highest BCUT2D eigenvalue weighted by atomic mass is 32.1. The maximum Gasteiger partial charge on any atom is 0.194 e. The Morgan fingerprint density at radius 3 is 2.58 bits per heavy atom. The number of para-hydroxylation sites is 2. The average molecular weight is 374 g/mol. The van der Waals surface area contributed by atoms with Crippen molar-refractivity contribution in [1.82, 2.24) is 15.2 Å². The number of ether oxygens (including phenoxy) is 1. The monoisotopic (exact) mass is 373 g/mol. The molecule has 1 aromatic heterocycles. The SMILES string of the molecule is CN=C(NCc1nc(C)c(C)s1)N1CCN(c2ccccc2OC)CC1. The second-order valence-corrected chi connectivity index (χ2v) is 7.58. The van der Waals surface area contributed by atoms with E-state index in [9.17, 15) is 0 Å². The molecule has 1 aliphatic heterocycles. The van der Waals surface area contributed by atoms with Crippen molar-refractivity contribution < 1.29 is 4.74 Å². The van der Waals surface area contributed by atoms with E-state index in [1.165, 1.54) is 4.88 Å². The van der Waals surface area contributed by atoms with E-state index in [1.807, 2.05) is 19.2 Å². The molecule has 0 aliphatic carbocycles. The van der Waals surface area contributed by atoms with Gasteiger partial charge in [0.05, 0.1) is 25.0 Å². The van der Waals surface area contributed by atoms with E-state index < -0.39 is 0 Å². The van der Waals surface area contributed by atoms with Gasteiger partial charge in [0.2, 0.25) is 0 Å². The van der Waals surface area contributed by atoms with Crippen molar-refractivity contribution in [3.63, 3.8) is 0 Å². The smallest absolute Gasteiger partial charge is 0.194 e. The van der Waals surface area contributed by atoms with Gasteiger partial charge < -0.3 is 19.9 Å². The first-order valence-electron chi connectivity index (χ1n) is 8.89. The van der Waals surface area contributed by atoms with E-state index in [0.29, 0.717) is 0 Å². The molecule has 7 heteroatoms. The van der Waals surface area contributed by atoms with Crippen molar-refractivity contribution in [2.24, 2.45) is 4.99 Å². The topological polar surface area (TPSA) is 53.0 Å². The van der Waals surface area contributed by atoms with Crippen LogP contribution in [0.25, 0.3) is 0 Å². The van der Waals surface area contributed by atoms with Crippen LogP contribution in [0.3, 0.4) is 0 Å². The highest BCUT2D eigenvalue weighted by molar-refractivity contribution is 7.11. The summed E-state index contributed by atoms with van der Waals surface area (Å²) in [5.41, 5.74) is 2.28. The summed E-state index contributed by atoms with van der Waals surface area (Å²) in [6, 6.07) is 8.20. The Labute approximate surface area is 159 Å². The van der Waals surface area contributed by atoms with Crippen LogP contribution in [0.5, 0.6) is 5.75 Å². The number of hydrogen-bond donors (Lipinski definition) is 1. The Kier molecular flexibility index (Phi) is 5.98. The van der Waals surface area contributed by atoms with E-state index in [1.54, 1.807) is 18.4 Å². The molecule has 0 bridgehead atoms. The van der Waals surface area contributed by atoms with Crippen LogP contribution in [-0.4, -0.2) is 56.2 Å². The molecular weight excluding hydrogens is 346 g/mol. The lowest BCUT2D eigenvalue weighted by Crippen LogP contribution is -2.52. The van der Waals surface area contributed by atoms with Crippen LogP contribution >= 0.6 is 11.3 Å². The van der Waals surface area contributed by atoms with E-state index in [0.717, 1.165) is 60.8 Å². The number of piperazine rings is 1. The van der Waals surface area contributed by atoms with Crippen LogP contribution in [0.1, 0.15) is 15.6 Å². The minimum Gasteiger partial charge on any atom is -0.495 e. The van der Waals surface area contributed by atoms with Gasteiger partial charge in [0.1, 0.15) is 10.8 Å². The maximum absolute atomic E-state index is 5.50. The fourth-order valence-electron chi connectivity index (χ4n) is 3.15. The predicted octanol–water partition coefficient (Wildman–Crippen LogP) is 2.67. The Morgan fingerprint density at radius 2 is 1.96 bits per heavy atom. The van der Waals surface area contributed by atoms with Crippen molar-refractivity contribution >= 4 is 23.0 Å². The molecule has 0 amide bonds. The predicted molar refractivity (Wildman–Crippen MR) is 109 cm³/mol. The third-order valence-electron chi connectivity index (χ3n) is 4.69. The number of aromatic nitrogens is 1. The van der Waals surface area contributed by atoms with Crippen molar-refractivity contribution in [3.8, 4) is 5.75 Å². The number of nitrogens with one attached hydrogen (secondary N) is 1. The summed E-state index contributed by atoms with van der Waals surface area (Å²) in [4.78, 5) is 15.0. The first-order chi connectivity index (χ1) is 12.6. The number of rotatable bonds is 4. The van der Waals surface area contributed by atoms with Gasteiger partial charge in [-0.25, -0.2) is 4.98 Å².